The van der Waals surface area contributed by atoms with E-state index < -0.39 is 7.32 Å². The van der Waals surface area contributed by atoms with Gasteiger partial charge < -0.3 is 9.31 Å². The highest BCUT2D eigenvalue weighted by atomic mass is 17.2. The zero-order valence-electron chi connectivity index (χ0n) is 6.68. The van der Waals surface area contributed by atoms with Crippen LogP contribution in [0.3, 0.4) is 0 Å². The first-order chi connectivity index (χ1) is 5.70. The van der Waals surface area contributed by atoms with E-state index in [9.17, 15) is 0 Å². The average Bonchev–Trinajstić information content (AvgIpc) is 2.01. The van der Waals surface area contributed by atoms with Gasteiger partial charge in [-0.05, 0) is 13.8 Å². The zero-order valence-corrected chi connectivity index (χ0v) is 6.68. The van der Waals surface area contributed by atoms with E-state index in [-0.39, 0.29) is 6.10 Å². The topological polar surface area (TPSA) is 84.5 Å². The molecule has 0 fully saturated rings. The average molecular weight is 170 g/mol. The molecule has 0 aromatic rings. The molecule has 0 bridgehead atoms. The summed E-state index contributed by atoms with van der Waals surface area (Å²) in [6.45, 7) is 3.41. The van der Waals surface area contributed by atoms with E-state index in [2.05, 4.69) is 19.0 Å². The fourth-order valence-corrected chi connectivity index (χ4v) is 0.306. The maximum atomic E-state index is 8.03. The molecule has 0 saturated heterocycles. The molecule has 0 amide bonds. The number of nitrogens with zero attached hydrogens (tertiary/aromatic N) is 2. The Morgan fingerprint density at radius 1 is 1.17 bits per heavy atom. The van der Waals surface area contributed by atoms with E-state index >= 15 is 0 Å². The minimum Gasteiger partial charge on any atom is -0.429 e. The molecular weight excluding hydrogens is 163 g/mol. The second-order valence-corrected chi connectivity index (χ2v) is 1.95. The molecule has 0 unspecified atom stereocenters. The van der Waals surface area contributed by atoms with Crippen molar-refractivity contribution in [3.63, 3.8) is 0 Å². The molecule has 0 aliphatic carbocycles. The fourth-order valence-electron chi connectivity index (χ4n) is 0.306. The van der Waals surface area contributed by atoms with Gasteiger partial charge in [0.1, 0.15) is 0 Å². The Morgan fingerprint density at radius 2 is 1.67 bits per heavy atom. The SMILES string of the molecule is CC(C)OOB(OC#N)OC#N. The highest BCUT2D eigenvalue weighted by molar-refractivity contribution is 6.36. The van der Waals surface area contributed by atoms with Crippen LogP contribution in [0.15, 0.2) is 0 Å². The van der Waals surface area contributed by atoms with Gasteiger partial charge in [0, 0.05) is 0 Å². The second kappa shape index (κ2) is 6.29. The number of hydrogen-bond donors (Lipinski definition) is 0. The first-order valence-electron chi connectivity index (χ1n) is 3.12. The molecule has 0 aromatic heterocycles. The molecule has 7 heteroatoms. The van der Waals surface area contributed by atoms with Crippen LogP contribution in [0.5, 0.6) is 0 Å². The molecule has 12 heavy (non-hydrogen) atoms. The van der Waals surface area contributed by atoms with Crippen molar-refractivity contribution in [1.29, 1.82) is 10.5 Å². The largest absolute Gasteiger partial charge is 0.837 e. The van der Waals surface area contributed by atoms with Gasteiger partial charge in [-0.15, -0.1) is 0 Å². The summed E-state index contributed by atoms with van der Waals surface area (Å²) < 4.78 is 8.29. The van der Waals surface area contributed by atoms with Crippen LogP contribution in [0.2, 0.25) is 0 Å². The lowest BCUT2D eigenvalue weighted by Gasteiger charge is -2.07. The molecule has 0 aliphatic rings. The number of rotatable bonds is 5. The van der Waals surface area contributed by atoms with E-state index in [0.717, 1.165) is 0 Å². The Hall–Kier alpha value is -1.44. The molecule has 0 rings (SSSR count). The van der Waals surface area contributed by atoms with Gasteiger partial charge in [-0.3, -0.25) is 0 Å². The molecule has 0 saturated carbocycles. The van der Waals surface area contributed by atoms with Crippen molar-refractivity contribution in [2.75, 3.05) is 0 Å². The first-order valence-corrected chi connectivity index (χ1v) is 3.12. The third kappa shape index (κ3) is 5.36. The summed E-state index contributed by atoms with van der Waals surface area (Å²) in [6, 6.07) is 0. The molecule has 6 nitrogen and oxygen atoms in total. The summed E-state index contributed by atoms with van der Waals surface area (Å²) in [5.74, 6) is 0. The van der Waals surface area contributed by atoms with Crippen molar-refractivity contribution in [1.82, 2.24) is 0 Å². The minimum atomic E-state index is -1.43. The predicted molar refractivity (Wildman–Crippen MR) is 36.5 cm³/mol. The van der Waals surface area contributed by atoms with Crippen LogP contribution in [0.4, 0.5) is 0 Å². The molecular formula is C5H7BN2O4. The summed E-state index contributed by atoms with van der Waals surface area (Å²) in [5, 5.41) is 16.1. The highest BCUT2D eigenvalue weighted by Gasteiger charge is 2.28. The number of hydrogen-bond acceptors (Lipinski definition) is 6. The van der Waals surface area contributed by atoms with Gasteiger partial charge in [0.05, 0.1) is 6.10 Å². The van der Waals surface area contributed by atoms with Crippen molar-refractivity contribution in [2.24, 2.45) is 0 Å². The van der Waals surface area contributed by atoms with Crippen molar-refractivity contribution in [3.8, 4) is 12.5 Å². The van der Waals surface area contributed by atoms with E-state index in [1.54, 1.807) is 13.8 Å². The van der Waals surface area contributed by atoms with Crippen molar-refractivity contribution < 1.29 is 19.0 Å². The van der Waals surface area contributed by atoms with E-state index in [1.165, 1.54) is 12.5 Å². The number of nitriles is 2. The quantitative estimate of drug-likeness (QED) is 0.255. The predicted octanol–water partition coefficient (Wildman–Crippen LogP) is 0.323. The fraction of sp³-hybridized carbons (Fsp3) is 0.600. The van der Waals surface area contributed by atoms with Crippen LogP contribution in [-0.2, 0) is 19.0 Å². The van der Waals surface area contributed by atoms with Crippen molar-refractivity contribution in [3.05, 3.63) is 0 Å². The molecule has 64 valence electrons. The van der Waals surface area contributed by atoms with E-state index in [1.807, 2.05) is 0 Å². The lowest BCUT2D eigenvalue weighted by atomic mass is 10.2. The smallest absolute Gasteiger partial charge is 0.429 e. The van der Waals surface area contributed by atoms with Gasteiger partial charge in [-0.25, -0.2) is 9.69 Å². The van der Waals surface area contributed by atoms with Crippen LogP contribution in [0.1, 0.15) is 13.8 Å². The van der Waals surface area contributed by atoms with Crippen LogP contribution in [-0.4, -0.2) is 13.4 Å². The Balaban J connectivity index is 3.66. The lowest BCUT2D eigenvalue weighted by Crippen LogP contribution is -2.25. The van der Waals surface area contributed by atoms with E-state index in [4.69, 9.17) is 10.5 Å². The Kier molecular flexibility index (Phi) is 5.53. The maximum absolute atomic E-state index is 8.03. The van der Waals surface area contributed by atoms with Crippen LogP contribution >= 0.6 is 0 Å². The third-order valence-corrected chi connectivity index (χ3v) is 0.624. The van der Waals surface area contributed by atoms with Gasteiger partial charge >= 0.3 is 7.32 Å². The zero-order chi connectivity index (χ0) is 9.40. The van der Waals surface area contributed by atoms with Crippen LogP contribution in [0, 0.1) is 23.0 Å². The van der Waals surface area contributed by atoms with E-state index in [0.29, 0.717) is 0 Å². The normalized spacial score (nSPS) is 8.42. The monoisotopic (exact) mass is 170 g/mol. The van der Waals surface area contributed by atoms with Crippen LogP contribution in [0.25, 0.3) is 0 Å². The standard InChI is InChI=1S/C5H7BN2O4/c1-5(2)11-12-6(9-3-7)10-4-8/h5H,1-2H3. The minimum absolute atomic E-state index is 0.211. The van der Waals surface area contributed by atoms with Gasteiger partial charge in [0.15, 0.2) is 0 Å². The Labute approximate surface area is 70.3 Å². The lowest BCUT2D eigenvalue weighted by molar-refractivity contribution is -0.259. The Bertz CT molecular complexity index is 181. The molecule has 0 aromatic carbocycles. The van der Waals surface area contributed by atoms with Gasteiger partial charge in [-0.2, -0.15) is 10.5 Å². The summed E-state index contributed by atoms with van der Waals surface area (Å²) in [4.78, 5) is 8.95. The van der Waals surface area contributed by atoms with Gasteiger partial charge in [0.2, 0.25) is 0 Å². The van der Waals surface area contributed by atoms with Crippen LogP contribution < -0.4 is 0 Å². The molecule has 0 aliphatic heterocycles. The second-order valence-electron chi connectivity index (χ2n) is 1.95. The highest BCUT2D eigenvalue weighted by Crippen LogP contribution is 1.95. The molecule has 0 spiro atoms. The van der Waals surface area contributed by atoms with Gasteiger partial charge in [0.25, 0.3) is 12.5 Å². The summed E-state index contributed by atoms with van der Waals surface area (Å²) in [6.07, 6.45) is 2.38. The van der Waals surface area contributed by atoms with Crippen molar-refractivity contribution >= 4 is 7.32 Å². The third-order valence-electron chi connectivity index (χ3n) is 0.624. The summed E-state index contributed by atoms with van der Waals surface area (Å²) in [5.41, 5.74) is 0. The molecule has 0 radical (unpaired) electrons. The summed E-state index contributed by atoms with van der Waals surface area (Å²) >= 11 is 0. The first kappa shape index (κ1) is 10.6. The maximum Gasteiger partial charge on any atom is 0.837 e. The Morgan fingerprint density at radius 3 is 2.00 bits per heavy atom. The molecule has 0 N–H and O–H groups in total. The van der Waals surface area contributed by atoms with Crippen molar-refractivity contribution in [2.45, 2.75) is 20.0 Å². The summed E-state index contributed by atoms with van der Waals surface area (Å²) in [7, 11) is -1.43. The van der Waals surface area contributed by atoms with Gasteiger partial charge in [-0.1, -0.05) is 0 Å². The molecule has 0 atom stereocenters. The molecule has 0 heterocycles.